The summed E-state index contributed by atoms with van der Waals surface area (Å²) in [6.07, 6.45) is 0.824. The smallest absolute Gasteiger partial charge is 0.169 e. The first-order valence-corrected chi connectivity index (χ1v) is 5.57. The lowest BCUT2D eigenvalue weighted by Gasteiger charge is -2.14. The van der Waals surface area contributed by atoms with E-state index >= 15 is 0 Å². The van der Waals surface area contributed by atoms with E-state index in [9.17, 15) is 4.79 Å². The number of hydrogen-bond acceptors (Lipinski definition) is 3. The highest BCUT2D eigenvalue weighted by Crippen LogP contribution is 2.39. The summed E-state index contributed by atoms with van der Waals surface area (Å²) in [5.41, 5.74) is 2.27. The van der Waals surface area contributed by atoms with Gasteiger partial charge in [-0.3, -0.25) is 4.79 Å². The molecule has 0 heterocycles. The van der Waals surface area contributed by atoms with Crippen LogP contribution in [-0.4, -0.2) is 20.5 Å². The van der Waals surface area contributed by atoms with E-state index in [4.69, 9.17) is 9.47 Å². The van der Waals surface area contributed by atoms with Crippen LogP contribution in [0.15, 0.2) is 42.5 Å². The van der Waals surface area contributed by atoms with E-state index in [1.807, 2.05) is 30.3 Å². The summed E-state index contributed by atoms with van der Waals surface area (Å²) < 4.78 is 10.6. The fourth-order valence-electron chi connectivity index (χ4n) is 1.94. The maximum Gasteiger partial charge on any atom is 0.169 e. The van der Waals surface area contributed by atoms with Crippen molar-refractivity contribution in [1.82, 2.24) is 0 Å². The molecular formula is C15H14O3. The molecule has 0 aliphatic rings. The van der Waals surface area contributed by atoms with Crippen molar-refractivity contribution >= 4 is 6.29 Å². The van der Waals surface area contributed by atoms with Crippen molar-refractivity contribution in [1.29, 1.82) is 0 Å². The van der Waals surface area contributed by atoms with Crippen LogP contribution in [0, 0.1) is 0 Å². The van der Waals surface area contributed by atoms with Crippen molar-refractivity contribution in [2.24, 2.45) is 0 Å². The monoisotopic (exact) mass is 242 g/mol. The highest BCUT2D eigenvalue weighted by Gasteiger charge is 2.15. The van der Waals surface area contributed by atoms with Gasteiger partial charge in [0.05, 0.1) is 14.2 Å². The topological polar surface area (TPSA) is 35.5 Å². The highest BCUT2D eigenvalue weighted by molar-refractivity contribution is 5.92. The molecule has 0 bridgehead atoms. The first kappa shape index (κ1) is 12.2. The molecule has 0 aromatic heterocycles. The van der Waals surface area contributed by atoms with Crippen molar-refractivity contribution in [2.75, 3.05) is 14.2 Å². The molecule has 0 amide bonds. The van der Waals surface area contributed by atoms with Gasteiger partial charge in [-0.25, -0.2) is 0 Å². The summed E-state index contributed by atoms with van der Waals surface area (Å²) in [5, 5.41) is 0. The van der Waals surface area contributed by atoms with Crippen LogP contribution in [0.3, 0.4) is 0 Å². The average Bonchev–Trinajstić information content (AvgIpc) is 2.46. The zero-order valence-corrected chi connectivity index (χ0v) is 10.3. The van der Waals surface area contributed by atoms with Gasteiger partial charge in [-0.1, -0.05) is 30.3 Å². The number of methoxy groups -OCH3 is 2. The van der Waals surface area contributed by atoms with Crippen molar-refractivity contribution < 1.29 is 14.3 Å². The van der Waals surface area contributed by atoms with Crippen LogP contribution < -0.4 is 9.47 Å². The van der Waals surface area contributed by atoms with Crippen LogP contribution in [0.1, 0.15) is 10.4 Å². The summed E-state index contributed by atoms with van der Waals surface area (Å²) in [6, 6.07) is 13.1. The van der Waals surface area contributed by atoms with Crippen LogP contribution in [0.2, 0.25) is 0 Å². The second-order valence-electron chi connectivity index (χ2n) is 3.75. The Morgan fingerprint density at radius 1 is 0.944 bits per heavy atom. The fraction of sp³-hybridized carbons (Fsp3) is 0.133. The molecule has 2 aromatic carbocycles. The number of ether oxygens (including phenoxy) is 2. The normalized spacial score (nSPS) is 9.89. The molecule has 2 aromatic rings. The number of carbonyl (C=O) groups excluding carboxylic acids is 1. The Morgan fingerprint density at radius 2 is 1.67 bits per heavy atom. The van der Waals surface area contributed by atoms with Gasteiger partial charge in [-0.15, -0.1) is 0 Å². The molecule has 0 N–H and O–H groups in total. The minimum absolute atomic E-state index is 0.577. The molecule has 0 fully saturated rings. The average molecular weight is 242 g/mol. The molecule has 0 radical (unpaired) electrons. The van der Waals surface area contributed by atoms with E-state index in [1.165, 1.54) is 0 Å². The number of carbonyl (C=O) groups is 1. The largest absolute Gasteiger partial charge is 0.493 e. The van der Waals surface area contributed by atoms with E-state index in [-0.39, 0.29) is 0 Å². The van der Waals surface area contributed by atoms with Gasteiger partial charge in [0, 0.05) is 11.1 Å². The molecular weight excluding hydrogens is 228 g/mol. The summed E-state index contributed by atoms with van der Waals surface area (Å²) in [7, 11) is 3.14. The standard InChI is InChI=1S/C15H14O3/c1-17-13-9-8-12(10-16)14(15(13)18-2)11-6-4-3-5-7-11/h3-10H,1-2H3. The van der Waals surface area contributed by atoms with Crippen LogP contribution >= 0.6 is 0 Å². The van der Waals surface area contributed by atoms with Crippen molar-refractivity contribution in [3.8, 4) is 22.6 Å². The molecule has 0 aliphatic carbocycles. The van der Waals surface area contributed by atoms with E-state index in [2.05, 4.69) is 0 Å². The summed E-state index contributed by atoms with van der Waals surface area (Å²) in [4.78, 5) is 11.2. The number of benzene rings is 2. The first-order chi connectivity index (χ1) is 8.81. The van der Waals surface area contributed by atoms with Crippen LogP contribution in [-0.2, 0) is 0 Å². The second kappa shape index (κ2) is 5.36. The zero-order chi connectivity index (χ0) is 13.0. The Morgan fingerprint density at radius 3 is 2.22 bits per heavy atom. The number of hydrogen-bond donors (Lipinski definition) is 0. The fourth-order valence-corrected chi connectivity index (χ4v) is 1.94. The van der Waals surface area contributed by atoms with Crippen molar-refractivity contribution in [2.45, 2.75) is 0 Å². The number of aldehydes is 1. The Hall–Kier alpha value is -2.29. The molecule has 3 heteroatoms. The number of rotatable bonds is 4. The van der Waals surface area contributed by atoms with Gasteiger partial charge in [0.2, 0.25) is 0 Å². The van der Waals surface area contributed by atoms with Gasteiger partial charge in [0.1, 0.15) is 0 Å². The van der Waals surface area contributed by atoms with E-state index in [0.29, 0.717) is 17.1 Å². The molecule has 2 rings (SSSR count). The molecule has 0 saturated carbocycles. The molecule has 3 nitrogen and oxygen atoms in total. The van der Waals surface area contributed by atoms with Gasteiger partial charge in [-0.05, 0) is 17.7 Å². The van der Waals surface area contributed by atoms with Crippen LogP contribution in [0.5, 0.6) is 11.5 Å². The molecule has 0 unspecified atom stereocenters. The summed E-state index contributed by atoms with van der Waals surface area (Å²) >= 11 is 0. The lowest BCUT2D eigenvalue weighted by Crippen LogP contribution is -1.97. The second-order valence-corrected chi connectivity index (χ2v) is 3.75. The maximum atomic E-state index is 11.2. The van der Waals surface area contributed by atoms with Gasteiger partial charge in [0.15, 0.2) is 17.8 Å². The molecule has 92 valence electrons. The van der Waals surface area contributed by atoms with Gasteiger partial charge < -0.3 is 9.47 Å². The quantitative estimate of drug-likeness (QED) is 0.772. The molecule has 0 aliphatic heterocycles. The predicted molar refractivity (Wildman–Crippen MR) is 70.4 cm³/mol. The third-order valence-electron chi connectivity index (χ3n) is 2.77. The summed E-state index contributed by atoms with van der Waals surface area (Å²) in [6.45, 7) is 0. The van der Waals surface area contributed by atoms with E-state index < -0.39 is 0 Å². The Kier molecular flexibility index (Phi) is 3.63. The minimum atomic E-state index is 0.577. The third-order valence-corrected chi connectivity index (χ3v) is 2.77. The van der Waals surface area contributed by atoms with Gasteiger partial charge in [-0.2, -0.15) is 0 Å². The highest BCUT2D eigenvalue weighted by atomic mass is 16.5. The van der Waals surface area contributed by atoms with Gasteiger partial charge >= 0.3 is 0 Å². The predicted octanol–water partition coefficient (Wildman–Crippen LogP) is 3.18. The zero-order valence-electron chi connectivity index (χ0n) is 10.3. The van der Waals surface area contributed by atoms with E-state index in [0.717, 1.165) is 17.4 Å². The van der Waals surface area contributed by atoms with Crippen molar-refractivity contribution in [3.63, 3.8) is 0 Å². The summed E-state index contributed by atoms with van der Waals surface area (Å²) in [5.74, 6) is 1.19. The Labute approximate surface area is 106 Å². The molecule has 0 atom stereocenters. The Bertz CT molecular complexity index is 547. The van der Waals surface area contributed by atoms with Crippen LogP contribution in [0.25, 0.3) is 11.1 Å². The van der Waals surface area contributed by atoms with Crippen molar-refractivity contribution in [3.05, 3.63) is 48.0 Å². The lowest BCUT2D eigenvalue weighted by atomic mass is 9.98. The molecule has 18 heavy (non-hydrogen) atoms. The van der Waals surface area contributed by atoms with Gasteiger partial charge in [0.25, 0.3) is 0 Å². The molecule has 0 spiro atoms. The van der Waals surface area contributed by atoms with Crippen LogP contribution in [0.4, 0.5) is 0 Å². The maximum absolute atomic E-state index is 11.2. The van der Waals surface area contributed by atoms with E-state index in [1.54, 1.807) is 26.4 Å². The first-order valence-electron chi connectivity index (χ1n) is 5.57. The molecule has 0 saturated heterocycles. The SMILES string of the molecule is COc1ccc(C=O)c(-c2ccccc2)c1OC. The third kappa shape index (κ3) is 2.07. The lowest BCUT2D eigenvalue weighted by molar-refractivity contribution is 0.112. The Balaban J connectivity index is 2.73. The minimum Gasteiger partial charge on any atom is -0.493 e.